The van der Waals surface area contributed by atoms with Crippen LogP contribution in [-0.4, -0.2) is 0 Å². The molecule has 11 aromatic rings. The van der Waals surface area contributed by atoms with Crippen molar-refractivity contribution in [3.8, 4) is 22.3 Å². The van der Waals surface area contributed by atoms with Gasteiger partial charge in [0.2, 0.25) is 0 Å². The van der Waals surface area contributed by atoms with Gasteiger partial charge >= 0.3 is 0 Å². The second kappa shape index (κ2) is 14.4. The zero-order chi connectivity index (χ0) is 42.2. The molecule has 0 radical (unpaired) electrons. The molecule has 3 heteroatoms. The van der Waals surface area contributed by atoms with Crippen molar-refractivity contribution in [2.24, 2.45) is 0 Å². The number of nitrogens with zero attached hydrogens (tertiary/aromatic N) is 2. The monoisotopic (exact) mass is 808 g/mol. The van der Waals surface area contributed by atoms with Gasteiger partial charge in [-0.25, -0.2) is 0 Å². The van der Waals surface area contributed by atoms with Crippen molar-refractivity contribution in [2.45, 2.75) is 26.2 Å². The summed E-state index contributed by atoms with van der Waals surface area (Å²) in [6, 6.07) is 76.7. The molecule has 10 aromatic carbocycles. The Bertz CT molecular complexity index is 3500. The van der Waals surface area contributed by atoms with Crippen molar-refractivity contribution in [3.63, 3.8) is 0 Å². The van der Waals surface area contributed by atoms with Gasteiger partial charge in [0, 0.05) is 50.2 Å². The van der Waals surface area contributed by atoms with Crippen LogP contribution in [0.4, 0.5) is 34.1 Å². The van der Waals surface area contributed by atoms with E-state index in [9.17, 15) is 0 Å². The predicted molar refractivity (Wildman–Crippen MR) is 266 cm³/mol. The highest BCUT2D eigenvalue weighted by Crippen LogP contribution is 2.54. The van der Waals surface area contributed by atoms with Crippen molar-refractivity contribution in [1.29, 1.82) is 0 Å². The first kappa shape index (κ1) is 36.9. The van der Waals surface area contributed by atoms with Crippen LogP contribution in [0.3, 0.4) is 0 Å². The number of hydrogen-bond acceptors (Lipinski definition) is 3. The topological polar surface area (TPSA) is 19.6 Å². The first-order valence-electron chi connectivity index (χ1n) is 21.9. The zero-order valence-electron chi connectivity index (χ0n) is 35.5. The van der Waals surface area contributed by atoms with E-state index in [0.29, 0.717) is 0 Å². The number of benzene rings is 10. The molecule has 0 saturated heterocycles. The van der Waals surface area contributed by atoms with E-state index in [2.05, 4.69) is 243 Å². The van der Waals surface area contributed by atoms with Gasteiger partial charge < -0.3 is 14.2 Å². The Hall–Kier alpha value is -7.88. The molecule has 0 aliphatic heterocycles. The Morgan fingerprint density at radius 3 is 1.62 bits per heavy atom. The fraction of sp³-hybridized carbons (Fsp3) is 0.0667. The minimum Gasteiger partial charge on any atom is -0.453 e. The number of furan rings is 1. The lowest BCUT2D eigenvalue weighted by molar-refractivity contribution is 0.645. The summed E-state index contributed by atoms with van der Waals surface area (Å²) in [5.74, 6) is 0. The van der Waals surface area contributed by atoms with E-state index in [-0.39, 0.29) is 5.41 Å². The summed E-state index contributed by atoms with van der Waals surface area (Å²) in [5, 5.41) is 7.37. The maximum Gasteiger partial charge on any atom is 0.159 e. The maximum atomic E-state index is 7.02. The van der Waals surface area contributed by atoms with Crippen molar-refractivity contribution < 1.29 is 4.42 Å². The van der Waals surface area contributed by atoms with Gasteiger partial charge in [0.1, 0.15) is 5.58 Å². The number of fused-ring (bicyclic) bond motifs is 7. The molecule has 300 valence electrons. The standard InChI is InChI=1S/C60H44N2O/c1-39-46-35-33-44(61(41-21-10-5-11-22-41)42-23-12-6-13-24-42)37-52(46)48-28-17-31-53-57(48)56(39)51-36-34-45(38-54(51)60(53,2)3)62(43-25-14-7-15-26-43)55-32-18-30-50-49-29-16-27-47(58(49)63-59(50)55)40-19-8-4-9-20-40/h4-38H,1-3H3. The number of anilines is 6. The molecule has 1 aliphatic rings. The first-order chi connectivity index (χ1) is 31.0. The van der Waals surface area contributed by atoms with Gasteiger partial charge in [0.25, 0.3) is 0 Å². The van der Waals surface area contributed by atoms with Gasteiger partial charge in [-0.1, -0.05) is 159 Å². The summed E-state index contributed by atoms with van der Waals surface area (Å²) < 4.78 is 7.02. The van der Waals surface area contributed by atoms with Crippen LogP contribution in [0.15, 0.2) is 217 Å². The third-order valence-electron chi connectivity index (χ3n) is 13.4. The fourth-order valence-electron chi connectivity index (χ4n) is 10.4. The minimum atomic E-state index is -0.298. The van der Waals surface area contributed by atoms with E-state index in [4.69, 9.17) is 4.42 Å². The largest absolute Gasteiger partial charge is 0.453 e. The third-order valence-corrected chi connectivity index (χ3v) is 13.4. The lowest BCUT2D eigenvalue weighted by Gasteiger charge is -2.37. The van der Waals surface area contributed by atoms with Crippen LogP contribution >= 0.6 is 0 Å². The van der Waals surface area contributed by atoms with E-state index in [1.54, 1.807) is 0 Å². The molecule has 0 bridgehead atoms. The summed E-state index contributed by atoms with van der Waals surface area (Å²) in [4.78, 5) is 4.73. The van der Waals surface area contributed by atoms with Crippen LogP contribution < -0.4 is 9.80 Å². The van der Waals surface area contributed by atoms with Crippen molar-refractivity contribution in [1.82, 2.24) is 0 Å². The molecule has 0 N–H and O–H groups in total. The average Bonchev–Trinajstić information content (AvgIpc) is 3.73. The van der Waals surface area contributed by atoms with E-state index in [1.807, 2.05) is 0 Å². The number of aryl methyl sites for hydroxylation is 1. The van der Waals surface area contributed by atoms with Gasteiger partial charge in [-0.3, -0.25) is 0 Å². The normalized spacial score (nSPS) is 12.8. The first-order valence-corrected chi connectivity index (χ1v) is 21.9. The summed E-state index contributed by atoms with van der Waals surface area (Å²) in [6.45, 7) is 7.11. The second-order valence-corrected chi connectivity index (χ2v) is 17.3. The molecule has 0 saturated carbocycles. The molecule has 1 heterocycles. The average molecular weight is 809 g/mol. The zero-order valence-corrected chi connectivity index (χ0v) is 35.5. The highest BCUT2D eigenvalue weighted by atomic mass is 16.3. The third kappa shape index (κ3) is 5.73. The Balaban J connectivity index is 1.05. The van der Waals surface area contributed by atoms with Crippen LogP contribution in [0.1, 0.15) is 30.5 Å². The lowest BCUT2D eigenvalue weighted by Crippen LogP contribution is -2.25. The van der Waals surface area contributed by atoms with E-state index < -0.39 is 0 Å². The molecule has 12 rings (SSSR count). The number of hydrogen-bond donors (Lipinski definition) is 0. The van der Waals surface area contributed by atoms with Crippen LogP contribution in [-0.2, 0) is 5.41 Å². The van der Waals surface area contributed by atoms with Crippen LogP contribution in [0.25, 0.3) is 65.7 Å². The molecule has 0 amide bonds. The SMILES string of the molecule is Cc1c2c3c(cccc3c3cc(N(c4ccccc4)c4ccccc4)ccc13)C(C)(C)c1cc(N(c3ccccc3)c3cccc4c3oc3c(-c5ccccc5)cccc34)ccc1-2. The highest BCUT2D eigenvalue weighted by molar-refractivity contribution is 6.19. The van der Waals surface area contributed by atoms with E-state index in [0.717, 1.165) is 67.2 Å². The molecule has 1 aromatic heterocycles. The summed E-state index contributed by atoms with van der Waals surface area (Å²) >= 11 is 0. The predicted octanol–water partition coefficient (Wildman–Crippen LogP) is 17.1. The Kier molecular flexibility index (Phi) is 8.42. The maximum absolute atomic E-state index is 7.02. The van der Waals surface area contributed by atoms with Gasteiger partial charge in [-0.2, -0.15) is 0 Å². The molecule has 1 aliphatic carbocycles. The van der Waals surface area contributed by atoms with Gasteiger partial charge in [0.05, 0.1) is 5.69 Å². The molecule has 0 atom stereocenters. The molecule has 0 unspecified atom stereocenters. The quantitative estimate of drug-likeness (QED) is 0.150. The molecule has 0 fully saturated rings. The summed E-state index contributed by atoms with van der Waals surface area (Å²) in [5.41, 5.74) is 16.8. The number of para-hydroxylation sites is 5. The Morgan fingerprint density at radius 1 is 0.381 bits per heavy atom. The van der Waals surface area contributed by atoms with Crippen molar-refractivity contribution in [3.05, 3.63) is 229 Å². The summed E-state index contributed by atoms with van der Waals surface area (Å²) in [7, 11) is 0. The van der Waals surface area contributed by atoms with Crippen LogP contribution in [0.5, 0.6) is 0 Å². The smallest absolute Gasteiger partial charge is 0.159 e. The van der Waals surface area contributed by atoms with Gasteiger partial charge in [-0.15, -0.1) is 0 Å². The van der Waals surface area contributed by atoms with Gasteiger partial charge in [-0.05, 0) is 129 Å². The summed E-state index contributed by atoms with van der Waals surface area (Å²) in [6.07, 6.45) is 0. The molecular formula is C60H44N2O. The molecule has 3 nitrogen and oxygen atoms in total. The minimum absolute atomic E-state index is 0.298. The Morgan fingerprint density at radius 2 is 0.937 bits per heavy atom. The fourth-order valence-corrected chi connectivity index (χ4v) is 10.4. The van der Waals surface area contributed by atoms with Gasteiger partial charge in [0.15, 0.2) is 5.58 Å². The lowest BCUT2D eigenvalue weighted by atomic mass is 9.67. The van der Waals surface area contributed by atoms with Crippen LogP contribution in [0.2, 0.25) is 0 Å². The Labute approximate surface area is 367 Å². The molecule has 63 heavy (non-hydrogen) atoms. The van der Waals surface area contributed by atoms with E-state index >= 15 is 0 Å². The number of rotatable bonds is 7. The second-order valence-electron chi connectivity index (χ2n) is 17.3. The highest BCUT2D eigenvalue weighted by Gasteiger charge is 2.36. The molecular weight excluding hydrogens is 765 g/mol. The van der Waals surface area contributed by atoms with E-state index in [1.165, 1.54) is 49.4 Å². The van der Waals surface area contributed by atoms with Crippen molar-refractivity contribution >= 4 is 77.6 Å². The van der Waals surface area contributed by atoms with Crippen LogP contribution in [0, 0.1) is 6.92 Å². The van der Waals surface area contributed by atoms with Crippen molar-refractivity contribution in [2.75, 3.05) is 9.80 Å². The molecule has 0 spiro atoms.